The Labute approximate surface area is 349 Å². The summed E-state index contributed by atoms with van der Waals surface area (Å²) in [5.41, 5.74) is 7.42. The van der Waals surface area contributed by atoms with Gasteiger partial charge in [0.25, 0.3) is 17.7 Å². The molecule has 16 nitrogen and oxygen atoms in total. The highest BCUT2D eigenvalue weighted by molar-refractivity contribution is 6.05. The fraction of sp³-hybridized carbons (Fsp3) is 0.244. The lowest BCUT2D eigenvalue weighted by molar-refractivity contribution is -0.138. The first-order valence-electron chi connectivity index (χ1n) is 19.0. The number of nitrogens with two attached hydrogens (primary N) is 1. The molecular formula is C45H41N7O9. The number of esters is 1. The maximum absolute atomic E-state index is 12.2. The van der Waals surface area contributed by atoms with Crippen molar-refractivity contribution in [3.05, 3.63) is 119 Å². The van der Waals surface area contributed by atoms with Crippen molar-refractivity contribution in [1.82, 2.24) is 29.4 Å². The van der Waals surface area contributed by atoms with Crippen molar-refractivity contribution < 1.29 is 44.3 Å². The molecule has 6 aromatic rings. The SMILES string of the molecule is CN1CC[C@@](O)(C#Cc2cccc(-n3nc(C(N)=O)c4cc(CO)ccc43)c2)C1=O.COC(=O)c1nn(-c2cccc(C#C[C@]3(O)CCN(C)C3=O)c2)c2ccc(CO)cc12. The van der Waals surface area contributed by atoms with Gasteiger partial charge in [0.1, 0.15) is 0 Å². The van der Waals surface area contributed by atoms with E-state index in [1.807, 2.05) is 6.07 Å². The van der Waals surface area contributed by atoms with E-state index in [0.717, 1.165) is 0 Å². The second-order valence-electron chi connectivity index (χ2n) is 14.7. The number of carbonyl (C=O) groups is 4. The first-order valence-corrected chi connectivity index (χ1v) is 19.0. The third-order valence-corrected chi connectivity index (χ3v) is 10.5. The molecule has 0 bridgehead atoms. The van der Waals surface area contributed by atoms with Crippen molar-refractivity contribution in [1.29, 1.82) is 0 Å². The van der Waals surface area contributed by atoms with E-state index < -0.39 is 34.9 Å². The molecule has 2 atom stereocenters. The van der Waals surface area contributed by atoms with E-state index in [4.69, 9.17) is 10.5 Å². The van der Waals surface area contributed by atoms with Gasteiger partial charge in [-0.15, -0.1) is 0 Å². The summed E-state index contributed by atoms with van der Waals surface area (Å²) < 4.78 is 8.02. The van der Waals surface area contributed by atoms with Crippen LogP contribution in [0.4, 0.5) is 0 Å². The van der Waals surface area contributed by atoms with E-state index >= 15 is 0 Å². The predicted octanol–water partition coefficient (Wildman–Crippen LogP) is 1.81. The smallest absolute Gasteiger partial charge is 0.359 e. The van der Waals surface area contributed by atoms with Crippen LogP contribution in [0, 0.1) is 23.7 Å². The molecule has 16 heteroatoms. The van der Waals surface area contributed by atoms with Gasteiger partial charge in [0.05, 0.1) is 42.7 Å². The monoisotopic (exact) mass is 823 g/mol. The molecular weight excluding hydrogens is 783 g/mol. The van der Waals surface area contributed by atoms with Crippen molar-refractivity contribution in [2.45, 2.75) is 37.3 Å². The number of hydrogen-bond donors (Lipinski definition) is 5. The number of hydrogen-bond acceptors (Lipinski definition) is 11. The number of ether oxygens (including phenoxy) is 1. The zero-order valence-electron chi connectivity index (χ0n) is 33.4. The topological polar surface area (TPSA) is 227 Å². The number of methoxy groups -OCH3 is 1. The van der Waals surface area contributed by atoms with Crippen molar-refractivity contribution in [2.75, 3.05) is 34.3 Å². The summed E-state index contributed by atoms with van der Waals surface area (Å²) in [6.07, 6.45) is 0.516. The molecule has 2 aliphatic heterocycles. The Morgan fingerprint density at radius 1 is 0.705 bits per heavy atom. The van der Waals surface area contributed by atoms with E-state index in [1.54, 1.807) is 102 Å². The van der Waals surface area contributed by atoms with Gasteiger partial charge < -0.3 is 40.7 Å². The third kappa shape index (κ3) is 8.16. The molecule has 310 valence electrons. The number of rotatable bonds is 6. The van der Waals surface area contributed by atoms with Crippen LogP contribution in [-0.4, -0.2) is 119 Å². The van der Waals surface area contributed by atoms with Crippen LogP contribution >= 0.6 is 0 Å². The average Bonchev–Trinajstić information content (AvgIpc) is 4.00. The molecule has 0 unspecified atom stereocenters. The van der Waals surface area contributed by atoms with Gasteiger partial charge in [-0.1, -0.05) is 47.9 Å². The van der Waals surface area contributed by atoms with Crippen LogP contribution in [0.5, 0.6) is 0 Å². The second kappa shape index (κ2) is 16.7. The van der Waals surface area contributed by atoms with Gasteiger partial charge in [-0.05, 0) is 71.8 Å². The van der Waals surface area contributed by atoms with Gasteiger partial charge in [-0.2, -0.15) is 10.2 Å². The van der Waals surface area contributed by atoms with Crippen LogP contribution in [0.25, 0.3) is 33.2 Å². The maximum atomic E-state index is 12.2. The Bertz CT molecular complexity index is 2880. The molecule has 8 rings (SSSR count). The Balaban J connectivity index is 0.000000184. The van der Waals surface area contributed by atoms with Gasteiger partial charge in [0.15, 0.2) is 11.4 Å². The molecule has 4 heterocycles. The predicted molar refractivity (Wildman–Crippen MR) is 222 cm³/mol. The molecule has 2 aromatic heterocycles. The summed E-state index contributed by atoms with van der Waals surface area (Å²) in [6.45, 7) is 0.579. The molecule has 0 spiro atoms. The quantitative estimate of drug-likeness (QED) is 0.120. The number of amides is 3. The van der Waals surface area contributed by atoms with Crippen LogP contribution in [0.1, 0.15) is 56.1 Å². The molecule has 4 aromatic carbocycles. The van der Waals surface area contributed by atoms with Crippen LogP contribution in [-0.2, 0) is 27.5 Å². The van der Waals surface area contributed by atoms with Crippen LogP contribution in [0.3, 0.4) is 0 Å². The molecule has 2 fully saturated rings. The summed E-state index contributed by atoms with van der Waals surface area (Å²) in [5.74, 6) is 9.08. The fourth-order valence-electron chi connectivity index (χ4n) is 7.07. The molecule has 6 N–H and O–H groups in total. The van der Waals surface area contributed by atoms with E-state index in [9.17, 15) is 39.6 Å². The highest BCUT2D eigenvalue weighted by atomic mass is 16.5. The zero-order chi connectivity index (χ0) is 43.6. The molecule has 61 heavy (non-hydrogen) atoms. The van der Waals surface area contributed by atoms with Gasteiger partial charge in [0.2, 0.25) is 11.2 Å². The summed E-state index contributed by atoms with van der Waals surface area (Å²) in [4.78, 5) is 51.2. The number of benzene rings is 4. The molecule has 0 radical (unpaired) electrons. The summed E-state index contributed by atoms with van der Waals surface area (Å²) in [6, 6.07) is 24.6. The van der Waals surface area contributed by atoms with Gasteiger partial charge >= 0.3 is 5.97 Å². The number of aromatic nitrogens is 4. The molecule has 0 aliphatic carbocycles. The second-order valence-corrected chi connectivity index (χ2v) is 14.7. The van der Waals surface area contributed by atoms with Gasteiger partial charge in [-0.3, -0.25) is 14.4 Å². The summed E-state index contributed by atoms with van der Waals surface area (Å²) >= 11 is 0. The van der Waals surface area contributed by atoms with E-state index in [-0.39, 0.29) is 37.4 Å². The fourth-order valence-corrected chi connectivity index (χ4v) is 7.07. The number of likely N-dealkylation sites (N-methyl/N-ethyl adjacent to an activating group) is 2. The number of likely N-dealkylation sites (tertiary alicyclic amines) is 2. The minimum Gasteiger partial charge on any atom is -0.464 e. The maximum Gasteiger partial charge on any atom is 0.359 e. The highest BCUT2D eigenvalue weighted by Crippen LogP contribution is 2.27. The van der Waals surface area contributed by atoms with Crippen molar-refractivity contribution in [3.63, 3.8) is 0 Å². The zero-order valence-corrected chi connectivity index (χ0v) is 33.4. The molecule has 0 saturated carbocycles. The van der Waals surface area contributed by atoms with Crippen LogP contribution < -0.4 is 5.73 Å². The number of primary amides is 1. The summed E-state index contributed by atoms with van der Waals surface area (Å²) in [7, 11) is 4.54. The molecule has 2 saturated heterocycles. The Hall–Kier alpha value is -7.34. The lowest BCUT2D eigenvalue weighted by Gasteiger charge is -2.13. The Morgan fingerprint density at radius 2 is 1.15 bits per heavy atom. The number of aliphatic hydroxyl groups is 4. The number of carbonyl (C=O) groups excluding carboxylic acids is 4. The highest BCUT2D eigenvalue weighted by Gasteiger charge is 2.43. The van der Waals surface area contributed by atoms with Gasteiger partial charge in [-0.25, -0.2) is 14.2 Å². The van der Waals surface area contributed by atoms with E-state index in [0.29, 0.717) is 68.5 Å². The third-order valence-electron chi connectivity index (χ3n) is 10.5. The average molecular weight is 824 g/mol. The number of aliphatic hydroxyl groups excluding tert-OH is 2. The largest absolute Gasteiger partial charge is 0.464 e. The standard InChI is InChI=1S/C23H21N3O5.C22H20N4O4/c1-25-11-10-23(30,22(25)29)9-8-15-4-3-5-17(12-15)26-19-7-6-16(14-27)13-18(19)20(24-26)21(28)31-2;1-25-10-9-22(30,21(25)29)8-7-14-3-2-4-16(11-14)26-18-6-5-15(13-27)12-17(18)19(24-26)20(23)28/h3-7,12-13,27,30H,10-11,14H2,1-2H3;2-6,11-12,27,30H,9-10,13H2,1H3,(H2,23,28)/t23-;22-/m00/s1. The normalized spacial score (nSPS) is 18.3. The minimum atomic E-state index is -1.68. The first-order chi connectivity index (χ1) is 29.2. The minimum absolute atomic E-state index is 0.102. The van der Waals surface area contributed by atoms with Crippen LogP contribution in [0.2, 0.25) is 0 Å². The lowest BCUT2D eigenvalue weighted by atomic mass is 10.0. The van der Waals surface area contributed by atoms with Gasteiger partial charge in [0, 0.05) is 61.9 Å². The molecule has 2 aliphatic rings. The van der Waals surface area contributed by atoms with E-state index in [1.165, 1.54) is 16.9 Å². The van der Waals surface area contributed by atoms with Crippen molar-refractivity contribution in [3.8, 4) is 35.1 Å². The lowest BCUT2D eigenvalue weighted by Crippen LogP contribution is -2.37. The van der Waals surface area contributed by atoms with E-state index in [2.05, 4.69) is 33.9 Å². The number of fused-ring (bicyclic) bond motifs is 2. The first kappa shape index (κ1) is 41.8. The summed E-state index contributed by atoms with van der Waals surface area (Å²) in [5, 5.41) is 49.7. The molecule has 3 amide bonds. The number of nitrogens with zero attached hydrogens (tertiary/aromatic N) is 6. The Kier molecular flexibility index (Phi) is 11.5. The van der Waals surface area contributed by atoms with Crippen molar-refractivity contribution in [2.24, 2.45) is 5.73 Å². The van der Waals surface area contributed by atoms with Crippen molar-refractivity contribution >= 4 is 45.5 Å². The Morgan fingerprint density at radius 3 is 1.54 bits per heavy atom. The van der Waals surface area contributed by atoms with Crippen LogP contribution in [0.15, 0.2) is 84.9 Å².